The summed E-state index contributed by atoms with van der Waals surface area (Å²) in [5.74, 6) is -0.536. The largest absolute Gasteiger partial charge is 0.341 e. The molecule has 22 heavy (non-hydrogen) atoms. The van der Waals surface area contributed by atoms with Crippen molar-refractivity contribution in [1.82, 2.24) is 15.7 Å². The normalized spacial score (nSPS) is 9.64. The van der Waals surface area contributed by atoms with Crippen molar-refractivity contribution in [3.63, 3.8) is 0 Å². The van der Waals surface area contributed by atoms with E-state index in [9.17, 15) is 14.4 Å². The molecule has 0 bridgehead atoms. The molecule has 2 N–H and O–H groups in total. The van der Waals surface area contributed by atoms with Crippen molar-refractivity contribution < 1.29 is 14.4 Å². The van der Waals surface area contributed by atoms with Gasteiger partial charge in [0.1, 0.15) is 12.0 Å². The molecule has 0 saturated carbocycles. The first-order valence-corrected chi connectivity index (χ1v) is 6.51. The van der Waals surface area contributed by atoms with E-state index in [1.54, 1.807) is 42.5 Å². The van der Waals surface area contributed by atoms with E-state index in [1.165, 1.54) is 12.3 Å². The number of pyridine rings is 1. The van der Waals surface area contributed by atoms with Crippen LogP contribution in [0.25, 0.3) is 0 Å². The van der Waals surface area contributed by atoms with E-state index in [2.05, 4.69) is 15.7 Å². The SMILES string of the molecule is O=CCNC(=O)N(NC(=O)c1ccccn1)c1ccccc1. The van der Waals surface area contributed by atoms with Gasteiger partial charge in [0.05, 0.1) is 12.2 Å². The molecule has 0 unspecified atom stereocenters. The number of anilines is 1. The molecule has 0 saturated heterocycles. The van der Waals surface area contributed by atoms with Gasteiger partial charge in [-0.2, -0.15) is 0 Å². The monoisotopic (exact) mass is 298 g/mol. The lowest BCUT2D eigenvalue weighted by molar-refractivity contribution is -0.107. The topological polar surface area (TPSA) is 91.4 Å². The van der Waals surface area contributed by atoms with Crippen LogP contribution in [0.5, 0.6) is 0 Å². The molecule has 7 nitrogen and oxygen atoms in total. The number of para-hydroxylation sites is 1. The third-order valence-electron chi connectivity index (χ3n) is 2.66. The molecular weight excluding hydrogens is 284 g/mol. The van der Waals surface area contributed by atoms with Gasteiger partial charge in [0.2, 0.25) is 0 Å². The molecule has 0 spiro atoms. The second-order valence-electron chi connectivity index (χ2n) is 4.18. The molecule has 112 valence electrons. The molecule has 2 aromatic rings. The highest BCUT2D eigenvalue weighted by atomic mass is 16.2. The van der Waals surface area contributed by atoms with Crippen molar-refractivity contribution in [2.24, 2.45) is 0 Å². The first-order valence-electron chi connectivity index (χ1n) is 6.51. The van der Waals surface area contributed by atoms with Gasteiger partial charge < -0.3 is 10.1 Å². The molecule has 0 aliphatic rings. The number of benzene rings is 1. The van der Waals surface area contributed by atoms with Crippen molar-refractivity contribution in [2.45, 2.75) is 0 Å². The number of hydrogen-bond donors (Lipinski definition) is 2. The lowest BCUT2D eigenvalue weighted by Gasteiger charge is -2.23. The summed E-state index contributed by atoms with van der Waals surface area (Å²) in [6.07, 6.45) is 2.04. The second-order valence-corrected chi connectivity index (χ2v) is 4.18. The van der Waals surface area contributed by atoms with Crippen LogP contribution in [0.1, 0.15) is 10.5 Å². The quantitative estimate of drug-likeness (QED) is 0.654. The van der Waals surface area contributed by atoms with Crippen LogP contribution in [-0.2, 0) is 4.79 Å². The highest BCUT2D eigenvalue weighted by Gasteiger charge is 2.19. The van der Waals surface area contributed by atoms with Crippen LogP contribution in [0.4, 0.5) is 10.5 Å². The fourth-order valence-electron chi connectivity index (χ4n) is 1.67. The number of hydrazine groups is 1. The van der Waals surface area contributed by atoms with Gasteiger partial charge in [-0.15, -0.1) is 0 Å². The van der Waals surface area contributed by atoms with E-state index in [1.807, 2.05) is 0 Å². The van der Waals surface area contributed by atoms with E-state index >= 15 is 0 Å². The molecule has 3 amide bonds. The smallest absolute Gasteiger partial charge is 0.329 e. The number of carbonyl (C=O) groups is 3. The van der Waals surface area contributed by atoms with Crippen molar-refractivity contribution >= 4 is 23.9 Å². The van der Waals surface area contributed by atoms with Crippen molar-refractivity contribution in [3.8, 4) is 0 Å². The minimum Gasteiger partial charge on any atom is -0.329 e. The van der Waals surface area contributed by atoms with Gasteiger partial charge in [0.15, 0.2) is 0 Å². The number of urea groups is 1. The number of hydrogen-bond acceptors (Lipinski definition) is 4. The maximum Gasteiger partial charge on any atom is 0.341 e. The minimum absolute atomic E-state index is 0.151. The maximum absolute atomic E-state index is 12.1. The summed E-state index contributed by atoms with van der Waals surface area (Å²) in [4.78, 5) is 38.5. The predicted octanol–water partition coefficient (Wildman–Crippen LogP) is 1.14. The van der Waals surface area contributed by atoms with E-state index in [0.29, 0.717) is 12.0 Å². The Morgan fingerprint density at radius 1 is 1.09 bits per heavy atom. The standard InChI is InChI=1S/C15H14N4O3/c20-11-10-17-15(22)19(12-6-2-1-3-7-12)18-14(21)13-8-4-5-9-16-13/h1-9,11H,10H2,(H,17,22)(H,18,21). The van der Waals surface area contributed by atoms with Gasteiger partial charge >= 0.3 is 6.03 Å². The Morgan fingerprint density at radius 2 is 1.82 bits per heavy atom. The van der Waals surface area contributed by atoms with E-state index in [-0.39, 0.29) is 12.2 Å². The number of rotatable bonds is 4. The minimum atomic E-state index is -0.623. The number of aromatic nitrogens is 1. The molecule has 1 aromatic carbocycles. The zero-order chi connectivity index (χ0) is 15.8. The number of nitrogens with one attached hydrogen (secondary N) is 2. The first kappa shape index (κ1) is 15.2. The molecule has 0 aliphatic heterocycles. The van der Waals surface area contributed by atoms with Crippen LogP contribution in [0.2, 0.25) is 0 Å². The molecule has 0 atom stereocenters. The Kier molecular flexibility index (Phi) is 5.20. The Morgan fingerprint density at radius 3 is 2.45 bits per heavy atom. The van der Waals surface area contributed by atoms with Crippen LogP contribution in [0, 0.1) is 0 Å². The maximum atomic E-state index is 12.1. The summed E-state index contributed by atoms with van der Waals surface area (Å²) in [6, 6.07) is 12.8. The summed E-state index contributed by atoms with van der Waals surface area (Å²) >= 11 is 0. The number of amides is 3. The van der Waals surface area contributed by atoms with Crippen LogP contribution >= 0.6 is 0 Å². The predicted molar refractivity (Wildman–Crippen MR) is 80.1 cm³/mol. The van der Waals surface area contributed by atoms with Crippen LogP contribution in [0.3, 0.4) is 0 Å². The Bertz CT molecular complexity index is 646. The van der Waals surface area contributed by atoms with Crippen LogP contribution in [-0.4, -0.2) is 29.8 Å². The summed E-state index contributed by atoms with van der Waals surface area (Å²) in [5, 5.41) is 3.40. The number of aldehydes is 1. The van der Waals surface area contributed by atoms with Gasteiger partial charge in [-0.3, -0.25) is 15.2 Å². The molecular formula is C15H14N4O3. The number of carbonyl (C=O) groups excluding carboxylic acids is 3. The fourth-order valence-corrected chi connectivity index (χ4v) is 1.67. The molecule has 2 rings (SSSR count). The van der Waals surface area contributed by atoms with Crippen molar-refractivity contribution in [3.05, 3.63) is 60.4 Å². The zero-order valence-electron chi connectivity index (χ0n) is 11.6. The van der Waals surface area contributed by atoms with Crippen LogP contribution in [0.15, 0.2) is 54.7 Å². The van der Waals surface area contributed by atoms with Gasteiger partial charge in [-0.25, -0.2) is 9.80 Å². The van der Waals surface area contributed by atoms with E-state index in [4.69, 9.17) is 0 Å². The molecule has 7 heteroatoms. The van der Waals surface area contributed by atoms with E-state index in [0.717, 1.165) is 5.01 Å². The average molecular weight is 298 g/mol. The Hall–Kier alpha value is -3.22. The van der Waals surface area contributed by atoms with Gasteiger partial charge in [-0.05, 0) is 24.3 Å². The van der Waals surface area contributed by atoms with Crippen LogP contribution < -0.4 is 15.8 Å². The summed E-state index contributed by atoms with van der Waals surface area (Å²) in [7, 11) is 0. The Balaban J connectivity index is 2.19. The second kappa shape index (κ2) is 7.53. The lowest BCUT2D eigenvalue weighted by atomic mass is 10.3. The highest BCUT2D eigenvalue weighted by Crippen LogP contribution is 2.11. The first-order chi connectivity index (χ1) is 10.7. The Labute approximate surface area is 126 Å². The summed E-state index contributed by atoms with van der Waals surface area (Å²) < 4.78 is 0. The molecule has 0 aliphatic carbocycles. The van der Waals surface area contributed by atoms with Crippen molar-refractivity contribution in [2.75, 3.05) is 11.6 Å². The lowest BCUT2D eigenvalue weighted by Crippen LogP contribution is -2.51. The molecule has 1 aromatic heterocycles. The number of nitrogens with zero attached hydrogens (tertiary/aromatic N) is 2. The fraction of sp³-hybridized carbons (Fsp3) is 0.0667. The highest BCUT2D eigenvalue weighted by molar-refractivity contribution is 6.00. The summed E-state index contributed by atoms with van der Waals surface area (Å²) in [5.41, 5.74) is 3.09. The summed E-state index contributed by atoms with van der Waals surface area (Å²) in [6.45, 7) is -0.151. The molecule has 0 fully saturated rings. The van der Waals surface area contributed by atoms with Gasteiger partial charge in [0, 0.05) is 6.20 Å². The molecule has 0 radical (unpaired) electrons. The average Bonchev–Trinajstić information content (AvgIpc) is 2.59. The zero-order valence-corrected chi connectivity index (χ0v) is 11.6. The molecule has 1 heterocycles. The third kappa shape index (κ3) is 3.89. The van der Waals surface area contributed by atoms with Crippen molar-refractivity contribution in [1.29, 1.82) is 0 Å². The van der Waals surface area contributed by atoms with Gasteiger partial charge in [-0.1, -0.05) is 24.3 Å². The van der Waals surface area contributed by atoms with E-state index < -0.39 is 11.9 Å². The third-order valence-corrected chi connectivity index (χ3v) is 2.66. The van der Waals surface area contributed by atoms with Gasteiger partial charge in [0.25, 0.3) is 5.91 Å².